The monoisotopic (exact) mass is 410 g/mol. The predicted octanol–water partition coefficient (Wildman–Crippen LogP) is 3.99. The molecule has 2 aromatic rings. The number of amides is 2. The highest BCUT2D eigenvalue weighted by atomic mass is 19.1. The van der Waals surface area contributed by atoms with E-state index in [2.05, 4.69) is 0 Å². The molecule has 2 amide bonds. The molecule has 2 aliphatic rings. The summed E-state index contributed by atoms with van der Waals surface area (Å²) < 4.78 is 19.9. The van der Waals surface area contributed by atoms with E-state index < -0.39 is 5.82 Å². The molecule has 0 saturated carbocycles. The zero-order valence-corrected chi connectivity index (χ0v) is 17.1. The lowest BCUT2D eigenvalue weighted by atomic mass is 9.97. The third kappa shape index (κ3) is 4.48. The van der Waals surface area contributed by atoms with Crippen LogP contribution >= 0.6 is 0 Å². The van der Waals surface area contributed by atoms with Gasteiger partial charge in [-0.05, 0) is 55.9 Å². The first kappa shape index (κ1) is 20.4. The van der Waals surface area contributed by atoms with Gasteiger partial charge in [0.2, 0.25) is 0 Å². The van der Waals surface area contributed by atoms with Gasteiger partial charge in [0.1, 0.15) is 11.6 Å². The fourth-order valence-electron chi connectivity index (χ4n) is 4.18. The predicted molar refractivity (Wildman–Crippen MR) is 112 cm³/mol. The van der Waals surface area contributed by atoms with Crippen LogP contribution in [-0.4, -0.2) is 54.4 Å². The molecule has 4 rings (SSSR count). The van der Waals surface area contributed by atoms with Gasteiger partial charge in [0.25, 0.3) is 11.8 Å². The highest BCUT2D eigenvalue weighted by Crippen LogP contribution is 2.25. The van der Waals surface area contributed by atoms with Gasteiger partial charge in [0.15, 0.2) is 0 Å². The van der Waals surface area contributed by atoms with Gasteiger partial charge in [-0.15, -0.1) is 0 Å². The Morgan fingerprint density at radius 3 is 2.10 bits per heavy atom. The van der Waals surface area contributed by atoms with E-state index in [1.54, 1.807) is 17.0 Å². The Labute approximate surface area is 176 Å². The van der Waals surface area contributed by atoms with E-state index in [0.29, 0.717) is 36.9 Å². The minimum Gasteiger partial charge on any atom is -0.492 e. The smallest absolute Gasteiger partial charge is 0.257 e. The quantitative estimate of drug-likeness (QED) is 0.749. The van der Waals surface area contributed by atoms with Crippen molar-refractivity contribution < 1.29 is 18.7 Å². The van der Waals surface area contributed by atoms with Crippen molar-refractivity contribution >= 4 is 11.8 Å². The summed E-state index contributed by atoms with van der Waals surface area (Å²) in [6.45, 7) is 3.28. The van der Waals surface area contributed by atoms with Crippen LogP contribution in [0.1, 0.15) is 46.4 Å². The van der Waals surface area contributed by atoms with E-state index in [1.807, 2.05) is 29.2 Å². The van der Waals surface area contributed by atoms with Gasteiger partial charge in [0.05, 0.1) is 17.7 Å². The molecule has 0 N–H and O–H groups in total. The third-order valence-corrected chi connectivity index (χ3v) is 5.99. The molecule has 5 nitrogen and oxygen atoms in total. The van der Waals surface area contributed by atoms with Crippen molar-refractivity contribution in [1.29, 1.82) is 0 Å². The standard InChI is InChI=1S/C24H27FN2O3/c25-21-9-3-1-7-19(21)23(28)27-15-11-18(12-16-27)17-30-22-10-4-2-8-20(22)24(29)26-13-5-6-14-26/h1-4,7-10,18H,5-6,11-17H2. The molecule has 0 bridgehead atoms. The number of benzene rings is 2. The molecule has 0 aliphatic carbocycles. The van der Waals surface area contributed by atoms with Crippen LogP contribution in [0.5, 0.6) is 5.75 Å². The number of halogens is 1. The van der Waals surface area contributed by atoms with Crippen LogP contribution in [0.15, 0.2) is 48.5 Å². The maximum atomic E-state index is 13.9. The minimum absolute atomic E-state index is 0.0356. The molecular formula is C24H27FN2O3. The molecule has 6 heteroatoms. The molecule has 2 saturated heterocycles. The molecule has 2 heterocycles. The summed E-state index contributed by atoms with van der Waals surface area (Å²) >= 11 is 0. The van der Waals surface area contributed by atoms with E-state index in [9.17, 15) is 14.0 Å². The number of likely N-dealkylation sites (tertiary alicyclic amines) is 2. The van der Waals surface area contributed by atoms with Crippen molar-refractivity contribution in [2.45, 2.75) is 25.7 Å². The number of ether oxygens (including phenoxy) is 1. The van der Waals surface area contributed by atoms with E-state index in [1.165, 1.54) is 12.1 Å². The summed E-state index contributed by atoms with van der Waals surface area (Å²) in [7, 11) is 0. The average Bonchev–Trinajstić information content (AvgIpc) is 3.33. The zero-order chi connectivity index (χ0) is 20.9. The molecule has 0 spiro atoms. The molecule has 0 radical (unpaired) electrons. The van der Waals surface area contributed by atoms with Gasteiger partial charge >= 0.3 is 0 Å². The normalized spacial score (nSPS) is 17.2. The summed E-state index contributed by atoms with van der Waals surface area (Å²) in [6.07, 6.45) is 3.70. The second-order valence-corrected chi connectivity index (χ2v) is 8.02. The Morgan fingerprint density at radius 1 is 0.833 bits per heavy atom. The lowest BCUT2D eigenvalue weighted by molar-refractivity contribution is 0.0652. The summed E-state index contributed by atoms with van der Waals surface area (Å²) in [4.78, 5) is 28.9. The number of rotatable bonds is 5. The average molecular weight is 410 g/mol. The summed E-state index contributed by atoms with van der Waals surface area (Å²) in [5.74, 6) is 0.221. The maximum Gasteiger partial charge on any atom is 0.257 e. The summed E-state index contributed by atoms with van der Waals surface area (Å²) in [5, 5.41) is 0. The molecule has 2 aliphatic heterocycles. The Bertz CT molecular complexity index is 903. The number of para-hydroxylation sites is 1. The van der Waals surface area contributed by atoms with Crippen molar-refractivity contribution in [3.63, 3.8) is 0 Å². The zero-order valence-electron chi connectivity index (χ0n) is 17.1. The fourth-order valence-corrected chi connectivity index (χ4v) is 4.18. The second-order valence-electron chi connectivity index (χ2n) is 8.02. The van der Waals surface area contributed by atoms with Gasteiger partial charge in [-0.2, -0.15) is 0 Å². The molecule has 158 valence electrons. The number of hydrogen-bond donors (Lipinski definition) is 0. The Morgan fingerprint density at radius 2 is 1.40 bits per heavy atom. The summed E-state index contributed by atoms with van der Waals surface area (Å²) in [6, 6.07) is 13.5. The topological polar surface area (TPSA) is 49.9 Å². The van der Waals surface area contributed by atoms with E-state index in [4.69, 9.17) is 4.74 Å². The number of carbonyl (C=O) groups excluding carboxylic acids is 2. The van der Waals surface area contributed by atoms with Gasteiger partial charge in [-0.1, -0.05) is 24.3 Å². The van der Waals surface area contributed by atoms with Crippen LogP contribution in [-0.2, 0) is 0 Å². The molecular weight excluding hydrogens is 383 g/mol. The number of hydrogen-bond acceptors (Lipinski definition) is 3. The van der Waals surface area contributed by atoms with E-state index in [-0.39, 0.29) is 17.4 Å². The molecule has 0 unspecified atom stereocenters. The molecule has 2 fully saturated rings. The highest BCUT2D eigenvalue weighted by molar-refractivity contribution is 5.97. The minimum atomic E-state index is -0.479. The molecule has 0 atom stereocenters. The fraction of sp³-hybridized carbons (Fsp3) is 0.417. The Kier molecular flexibility index (Phi) is 6.31. The van der Waals surface area contributed by atoms with Crippen LogP contribution in [0.4, 0.5) is 4.39 Å². The van der Waals surface area contributed by atoms with Crippen LogP contribution in [0.3, 0.4) is 0 Å². The van der Waals surface area contributed by atoms with Crippen molar-refractivity contribution in [2.24, 2.45) is 5.92 Å². The first-order valence-electron chi connectivity index (χ1n) is 10.7. The van der Waals surface area contributed by atoms with Crippen molar-refractivity contribution in [2.75, 3.05) is 32.8 Å². The van der Waals surface area contributed by atoms with E-state index in [0.717, 1.165) is 38.8 Å². The van der Waals surface area contributed by atoms with Crippen LogP contribution in [0.25, 0.3) is 0 Å². The Hall–Kier alpha value is -2.89. The first-order chi connectivity index (χ1) is 14.6. The number of carbonyl (C=O) groups is 2. The van der Waals surface area contributed by atoms with Gasteiger partial charge in [-0.3, -0.25) is 9.59 Å². The number of piperidine rings is 1. The van der Waals surface area contributed by atoms with Crippen molar-refractivity contribution in [3.8, 4) is 5.75 Å². The van der Waals surface area contributed by atoms with Gasteiger partial charge in [-0.25, -0.2) is 4.39 Å². The number of nitrogens with zero attached hydrogens (tertiary/aromatic N) is 2. The molecule has 30 heavy (non-hydrogen) atoms. The molecule has 2 aromatic carbocycles. The highest BCUT2D eigenvalue weighted by Gasteiger charge is 2.26. The van der Waals surface area contributed by atoms with Crippen molar-refractivity contribution in [1.82, 2.24) is 9.80 Å². The van der Waals surface area contributed by atoms with Gasteiger partial charge in [0, 0.05) is 26.2 Å². The SMILES string of the molecule is O=C(c1ccccc1F)N1CCC(COc2ccccc2C(=O)N2CCCC2)CC1. The van der Waals surface area contributed by atoms with E-state index >= 15 is 0 Å². The first-order valence-corrected chi connectivity index (χ1v) is 10.7. The summed E-state index contributed by atoms with van der Waals surface area (Å²) in [5.41, 5.74) is 0.744. The second kappa shape index (κ2) is 9.28. The largest absolute Gasteiger partial charge is 0.492 e. The Balaban J connectivity index is 1.32. The van der Waals surface area contributed by atoms with Crippen LogP contribution < -0.4 is 4.74 Å². The maximum absolute atomic E-state index is 13.9. The third-order valence-electron chi connectivity index (χ3n) is 5.99. The van der Waals surface area contributed by atoms with Gasteiger partial charge < -0.3 is 14.5 Å². The van der Waals surface area contributed by atoms with Crippen molar-refractivity contribution in [3.05, 3.63) is 65.5 Å². The lowest BCUT2D eigenvalue weighted by Crippen LogP contribution is -2.40. The molecule has 0 aromatic heterocycles. The van der Waals surface area contributed by atoms with Crippen LogP contribution in [0, 0.1) is 11.7 Å². The lowest BCUT2D eigenvalue weighted by Gasteiger charge is -2.32. The van der Waals surface area contributed by atoms with Crippen LogP contribution in [0.2, 0.25) is 0 Å².